The predicted molar refractivity (Wildman–Crippen MR) is 77.7 cm³/mol. The molecule has 0 N–H and O–H groups in total. The van der Waals surface area contributed by atoms with Gasteiger partial charge in [0.05, 0.1) is 0 Å². The van der Waals surface area contributed by atoms with E-state index in [-0.39, 0.29) is 32.0 Å². The average Bonchev–Trinajstić information content (AvgIpc) is 2.92. The number of ketones is 1. The van der Waals surface area contributed by atoms with E-state index in [0.29, 0.717) is 6.42 Å². The number of carbonyl (C=O) groups excluding carboxylic acids is 3. The summed E-state index contributed by atoms with van der Waals surface area (Å²) in [6, 6.07) is 8.53. The third-order valence-corrected chi connectivity index (χ3v) is 3.52. The van der Waals surface area contributed by atoms with E-state index in [0.717, 1.165) is 5.56 Å². The van der Waals surface area contributed by atoms with Crippen LogP contribution in [0.1, 0.15) is 31.7 Å². The van der Waals surface area contributed by atoms with Crippen molar-refractivity contribution in [2.24, 2.45) is 0 Å². The molecule has 0 bridgehead atoms. The van der Waals surface area contributed by atoms with E-state index >= 15 is 0 Å². The molecule has 1 amide bonds. The molecular formula is C16H19NO5. The van der Waals surface area contributed by atoms with E-state index in [9.17, 15) is 14.4 Å². The van der Waals surface area contributed by atoms with Gasteiger partial charge >= 0.3 is 12.1 Å². The average molecular weight is 305 g/mol. The van der Waals surface area contributed by atoms with E-state index in [2.05, 4.69) is 0 Å². The summed E-state index contributed by atoms with van der Waals surface area (Å²) >= 11 is 0. The number of esters is 1. The zero-order valence-corrected chi connectivity index (χ0v) is 12.5. The van der Waals surface area contributed by atoms with Gasteiger partial charge in [0.25, 0.3) is 0 Å². The minimum Gasteiger partial charge on any atom is -0.444 e. The molecule has 0 aliphatic carbocycles. The molecule has 0 unspecified atom stereocenters. The predicted octanol–water partition coefficient (Wildman–Crippen LogP) is 2.27. The number of hydrogen-bond donors (Lipinski definition) is 0. The highest BCUT2D eigenvalue weighted by atomic mass is 16.6. The first-order valence-electron chi connectivity index (χ1n) is 7.27. The third-order valence-electron chi connectivity index (χ3n) is 3.52. The summed E-state index contributed by atoms with van der Waals surface area (Å²) < 4.78 is 10.1. The van der Waals surface area contributed by atoms with Crippen LogP contribution in [0.5, 0.6) is 0 Å². The van der Waals surface area contributed by atoms with Crippen molar-refractivity contribution >= 4 is 17.8 Å². The highest BCUT2D eigenvalue weighted by molar-refractivity contribution is 5.85. The molecule has 22 heavy (non-hydrogen) atoms. The fraction of sp³-hybridized carbons (Fsp3) is 0.438. The lowest BCUT2D eigenvalue weighted by Crippen LogP contribution is -2.38. The van der Waals surface area contributed by atoms with Crippen LogP contribution in [-0.2, 0) is 25.7 Å². The van der Waals surface area contributed by atoms with Crippen molar-refractivity contribution in [2.75, 3.05) is 6.73 Å². The van der Waals surface area contributed by atoms with Gasteiger partial charge in [0, 0.05) is 12.8 Å². The van der Waals surface area contributed by atoms with Gasteiger partial charge in [-0.1, -0.05) is 37.3 Å². The van der Waals surface area contributed by atoms with Gasteiger partial charge < -0.3 is 9.47 Å². The van der Waals surface area contributed by atoms with Gasteiger partial charge in [-0.05, 0) is 12.0 Å². The molecular weight excluding hydrogens is 286 g/mol. The fourth-order valence-electron chi connectivity index (χ4n) is 2.18. The number of Topliss-reactive ketones (excluding diaryl/α,β-unsaturated/α-hetero) is 1. The molecule has 1 aliphatic heterocycles. The summed E-state index contributed by atoms with van der Waals surface area (Å²) in [6.07, 6.45) is 0.328. The second-order valence-corrected chi connectivity index (χ2v) is 5.05. The Balaban J connectivity index is 1.89. The van der Waals surface area contributed by atoms with Crippen LogP contribution in [0.3, 0.4) is 0 Å². The molecule has 6 nitrogen and oxygen atoms in total. The molecule has 0 aromatic heterocycles. The Kier molecular flexibility index (Phi) is 5.52. The minimum absolute atomic E-state index is 0.0531. The maximum absolute atomic E-state index is 12.1. The third kappa shape index (κ3) is 4.07. The van der Waals surface area contributed by atoms with Crippen LogP contribution in [0, 0.1) is 0 Å². The molecule has 1 atom stereocenters. The van der Waals surface area contributed by atoms with Gasteiger partial charge in [0.2, 0.25) is 0 Å². The van der Waals surface area contributed by atoms with E-state index in [4.69, 9.17) is 9.47 Å². The molecule has 1 saturated heterocycles. The molecule has 0 saturated carbocycles. The maximum Gasteiger partial charge on any atom is 0.413 e. The van der Waals surface area contributed by atoms with Crippen LogP contribution < -0.4 is 0 Å². The van der Waals surface area contributed by atoms with Crippen LogP contribution in [0.25, 0.3) is 0 Å². The number of rotatable bonds is 6. The van der Waals surface area contributed by atoms with Crippen molar-refractivity contribution in [3.8, 4) is 0 Å². The Bertz CT molecular complexity index is 543. The standard InChI is InChI=1S/C16H19NO5/c1-2-13(18)8-9-14-15(19)22-11-17(14)16(20)21-10-12-6-4-3-5-7-12/h3-7,14H,2,8-11H2,1H3/t14-/m0/s1. The largest absolute Gasteiger partial charge is 0.444 e. The summed E-state index contributed by atoms with van der Waals surface area (Å²) in [6.45, 7) is 1.77. The van der Waals surface area contributed by atoms with Crippen LogP contribution >= 0.6 is 0 Å². The Morgan fingerprint density at radius 3 is 2.73 bits per heavy atom. The van der Waals surface area contributed by atoms with Crippen molar-refractivity contribution in [1.29, 1.82) is 0 Å². The van der Waals surface area contributed by atoms with E-state index < -0.39 is 18.1 Å². The van der Waals surface area contributed by atoms with Crippen molar-refractivity contribution in [3.63, 3.8) is 0 Å². The number of amides is 1. The Morgan fingerprint density at radius 1 is 1.32 bits per heavy atom. The Labute approximate surface area is 129 Å². The van der Waals surface area contributed by atoms with Crippen molar-refractivity contribution in [2.45, 2.75) is 38.8 Å². The van der Waals surface area contributed by atoms with Gasteiger partial charge in [0.15, 0.2) is 6.73 Å². The summed E-state index contributed by atoms with van der Waals surface area (Å²) in [7, 11) is 0. The molecule has 2 rings (SSSR count). The zero-order valence-electron chi connectivity index (χ0n) is 12.5. The van der Waals surface area contributed by atoms with Crippen molar-refractivity contribution in [3.05, 3.63) is 35.9 Å². The number of benzene rings is 1. The highest BCUT2D eigenvalue weighted by Gasteiger charge is 2.38. The fourth-order valence-corrected chi connectivity index (χ4v) is 2.18. The number of nitrogens with zero attached hydrogens (tertiary/aromatic N) is 1. The lowest BCUT2D eigenvalue weighted by atomic mass is 10.1. The smallest absolute Gasteiger partial charge is 0.413 e. The monoisotopic (exact) mass is 305 g/mol. The molecule has 118 valence electrons. The van der Waals surface area contributed by atoms with Crippen LogP contribution in [0.4, 0.5) is 4.79 Å². The lowest BCUT2D eigenvalue weighted by molar-refractivity contribution is -0.139. The topological polar surface area (TPSA) is 72.9 Å². The summed E-state index contributed by atoms with van der Waals surface area (Å²) in [5.41, 5.74) is 0.861. The minimum atomic E-state index is -0.737. The SMILES string of the molecule is CCC(=O)CC[C@H]1C(=O)OCN1C(=O)OCc1ccccc1. The zero-order chi connectivity index (χ0) is 15.9. The van der Waals surface area contributed by atoms with Crippen molar-refractivity contribution < 1.29 is 23.9 Å². The van der Waals surface area contributed by atoms with Gasteiger partial charge in [-0.2, -0.15) is 0 Å². The van der Waals surface area contributed by atoms with Gasteiger partial charge in [0.1, 0.15) is 18.4 Å². The first-order chi connectivity index (χ1) is 10.6. The summed E-state index contributed by atoms with van der Waals surface area (Å²) in [4.78, 5) is 36.4. The van der Waals surface area contributed by atoms with E-state index in [1.165, 1.54) is 4.90 Å². The van der Waals surface area contributed by atoms with Gasteiger partial charge in [-0.15, -0.1) is 0 Å². The highest BCUT2D eigenvalue weighted by Crippen LogP contribution is 2.18. The summed E-state index contributed by atoms with van der Waals surface area (Å²) in [5.74, 6) is -0.433. The van der Waals surface area contributed by atoms with Crippen LogP contribution in [0.15, 0.2) is 30.3 Å². The van der Waals surface area contributed by atoms with Crippen LogP contribution in [0.2, 0.25) is 0 Å². The molecule has 1 heterocycles. The summed E-state index contributed by atoms with van der Waals surface area (Å²) in [5, 5.41) is 0. The Morgan fingerprint density at radius 2 is 2.05 bits per heavy atom. The number of cyclic esters (lactones) is 1. The number of carbonyl (C=O) groups is 3. The molecule has 1 aliphatic rings. The van der Waals surface area contributed by atoms with Crippen molar-refractivity contribution in [1.82, 2.24) is 4.90 Å². The van der Waals surface area contributed by atoms with Crippen LogP contribution in [-0.4, -0.2) is 35.5 Å². The van der Waals surface area contributed by atoms with E-state index in [1.807, 2.05) is 30.3 Å². The van der Waals surface area contributed by atoms with E-state index in [1.54, 1.807) is 6.92 Å². The normalized spacial score (nSPS) is 17.2. The quantitative estimate of drug-likeness (QED) is 0.754. The lowest BCUT2D eigenvalue weighted by Gasteiger charge is -2.19. The molecule has 1 fully saturated rings. The number of ether oxygens (including phenoxy) is 2. The van der Waals surface area contributed by atoms with Gasteiger partial charge in [-0.25, -0.2) is 9.59 Å². The second-order valence-electron chi connectivity index (χ2n) is 5.05. The molecule has 1 aromatic carbocycles. The first-order valence-corrected chi connectivity index (χ1v) is 7.27. The number of hydrogen-bond acceptors (Lipinski definition) is 5. The molecule has 6 heteroatoms. The molecule has 0 radical (unpaired) electrons. The maximum atomic E-state index is 12.1. The second kappa shape index (κ2) is 7.59. The Hall–Kier alpha value is -2.37. The molecule has 1 aromatic rings. The molecule has 0 spiro atoms. The first kappa shape index (κ1) is 16.0. The van der Waals surface area contributed by atoms with Gasteiger partial charge in [-0.3, -0.25) is 9.69 Å².